The molecule has 9 aromatic rings. The summed E-state index contributed by atoms with van der Waals surface area (Å²) in [7, 11) is 0. The minimum Gasteiger partial charge on any atom is -0.309 e. The summed E-state index contributed by atoms with van der Waals surface area (Å²) in [4.78, 5) is 0. The summed E-state index contributed by atoms with van der Waals surface area (Å²) in [5.74, 6) is 0.481. The second kappa shape index (κ2) is 10.9. The van der Waals surface area contributed by atoms with Crippen molar-refractivity contribution in [1.82, 2.24) is 4.57 Å². The van der Waals surface area contributed by atoms with Crippen molar-refractivity contribution in [2.75, 3.05) is 0 Å². The molecule has 0 saturated heterocycles. The van der Waals surface area contributed by atoms with Crippen LogP contribution in [-0.2, 0) is 5.41 Å². The van der Waals surface area contributed by atoms with Gasteiger partial charge in [0.15, 0.2) is 0 Å². The van der Waals surface area contributed by atoms with Gasteiger partial charge in [0, 0.05) is 38.6 Å². The van der Waals surface area contributed by atoms with E-state index in [1.54, 1.807) is 5.57 Å². The van der Waals surface area contributed by atoms with Crippen molar-refractivity contribution >= 4 is 59.7 Å². The van der Waals surface area contributed by atoms with E-state index in [0.717, 1.165) is 6.42 Å². The Balaban J connectivity index is 1.14. The van der Waals surface area contributed by atoms with E-state index in [4.69, 9.17) is 0 Å². The van der Waals surface area contributed by atoms with E-state index < -0.39 is 0 Å². The zero-order valence-corrected chi connectivity index (χ0v) is 29.4. The lowest BCUT2D eigenvalue weighted by atomic mass is 9.77. The van der Waals surface area contributed by atoms with Crippen LogP contribution in [0.15, 0.2) is 175 Å². The number of nitrogens with zero attached hydrogens (tertiary/aromatic N) is 1. The molecule has 1 heterocycles. The predicted molar refractivity (Wildman–Crippen MR) is 222 cm³/mol. The smallest absolute Gasteiger partial charge is 0.0626 e. The molecular weight excluding hydrogens is 627 g/mol. The third-order valence-corrected chi connectivity index (χ3v) is 12.2. The largest absolute Gasteiger partial charge is 0.309 e. The number of aromatic nitrogens is 1. The van der Waals surface area contributed by atoms with Crippen LogP contribution in [0.25, 0.3) is 76.5 Å². The third kappa shape index (κ3) is 4.05. The first-order valence-electron chi connectivity index (χ1n) is 18.5. The standard InChI is InChI=1S/C51H37N/c1-51(2)45-22-12-10-18-38(45)39-29-26-34(30-46(39)51)32-24-27-35(28-25-32)52-47-23-13-11-21-42(47)49-48-40-19-8-6-16-36(40)43(33-14-4-3-5-15-33)31-44(48)37-17-7-9-20-41(37)50(49)52/h3-28,30-31,39H,29H2,1-2H3. The number of hydrogen-bond acceptors (Lipinski definition) is 0. The molecule has 0 N–H and O–H groups in total. The Hall–Kier alpha value is -6.18. The summed E-state index contributed by atoms with van der Waals surface area (Å²) < 4.78 is 2.51. The van der Waals surface area contributed by atoms with Gasteiger partial charge in [-0.2, -0.15) is 0 Å². The summed E-state index contributed by atoms with van der Waals surface area (Å²) in [5, 5.41) is 10.3. The fourth-order valence-corrected chi connectivity index (χ4v) is 9.79. The number of para-hydroxylation sites is 1. The molecule has 0 bridgehead atoms. The molecule has 0 amide bonds. The lowest BCUT2D eigenvalue weighted by Crippen LogP contribution is -2.17. The molecule has 2 aliphatic rings. The highest BCUT2D eigenvalue weighted by Gasteiger charge is 2.41. The maximum absolute atomic E-state index is 2.51. The number of hydrogen-bond donors (Lipinski definition) is 0. The van der Waals surface area contributed by atoms with Gasteiger partial charge in [-0.15, -0.1) is 0 Å². The topological polar surface area (TPSA) is 4.93 Å². The van der Waals surface area contributed by atoms with Gasteiger partial charge in [-0.3, -0.25) is 0 Å². The Bertz CT molecular complexity index is 2990. The van der Waals surface area contributed by atoms with E-state index in [0.29, 0.717) is 5.92 Å². The molecule has 0 spiro atoms. The molecule has 0 fully saturated rings. The molecule has 11 rings (SSSR count). The average Bonchev–Trinajstić information content (AvgIpc) is 3.67. The summed E-state index contributed by atoms with van der Waals surface area (Å²) in [5.41, 5.74) is 13.4. The molecule has 1 unspecified atom stereocenters. The van der Waals surface area contributed by atoms with E-state index >= 15 is 0 Å². The molecule has 246 valence electrons. The molecule has 1 aromatic heterocycles. The summed E-state index contributed by atoms with van der Waals surface area (Å²) >= 11 is 0. The van der Waals surface area contributed by atoms with Gasteiger partial charge >= 0.3 is 0 Å². The van der Waals surface area contributed by atoms with Gasteiger partial charge in [0.25, 0.3) is 0 Å². The first kappa shape index (κ1) is 29.5. The lowest BCUT2D eigenvalue weighted by Gasteiger charge is -2.27. The molecule has 1 nitrogen and oxygen atoms in total. The first-order valence-corrected chi connectivity index (χ1v) is 18.5. The van der Waals surface area contributed by atoms with Crippen molar-refractivity contribution in [2.24, 2.45) is 0 Å². The molecule has 1 heteroatoms. The van der Waals surface area contributed by atoms with Crippen LogP contribution in [-0.4, -0.2) is 4.57 Å². The molecule has 0 saturated carbocycles. The molecule has 8 aromatic carbocycles. The van der Waals surface area contributed by atoms with Gasteiger partial charge in [0.05, 0.1) is 11.0 Å². The normalized spacial score (nSPS) is 16.4. The number of benzene rings is 8. The van der Waals surface area contributed by atoms with E-state index in [-0.39, 0.29) is 5.41 Å². The Kier molecular flexibility index (Phi) is 6.20. The quantitative estimate of drug-likeness (QED) is 0.166. The van der Waals surface area contributed by atoms with Gasteiger partial charge in [-0.1, -0.05) is 165 Å². The molecule has 52 heavy (non-hydrogen) atoms. The highest BCUT2D eigenvalue weighted by Crippen LogP contribution is 2.54. The highest BCUT2D eigenvalue weighted by atomic mass is 15.0. The van der Waals surface area contributed by atoms with Gasteiger partial charge < -0.3 is 4.57 Å². The van der Waals surface area contributed by atoms with E-state index in [9.17, 15) is 0 Å². The van der Waals surface area contributed by atoms with Gasteiger partial charge in [0.2, 0.25) is 0 Å². The maximum Gasteiger partial charge on any atom is 0.0626 e. The fraction of sp³-hybridized carbons (Fsp3) is 0.0980. The third-order valence-electron chi connectivity index (χ3n) is 12.2. The molecule has 1 atom stereocenters. The average molecular weight is 664 g/mol. The summed E-state index contributed by atoms with van der Waals surface area (Å²) in [6.07, 6.45) is 5.99. The maximum atomic E-state index is 2.51. The fourth-order valence-electron chi connectivity index (χ4n) is 9.79. The van der Waals surface area contributed by atoms with Crippen LogP contribution in [0, 0.1) is 0 Å². The molecule has 2 aliphatic carbocycles. The van der Waals surface area contributed by atoms with E-state index in [1.165, 1.54) is 93.2 Å². The summed E-state index contributed by atoms with van der Waals surface area (Å²) in [6, 6.07) is 58.6. The van der Waals surface area contributed by atoms with E-state index in [1.807, 2.05) is 0 Å². The Morgan fingerprint density at radius 1 is 0.538 bits per heavy atom. The molecular formula is C51H37N. The minimum atomic E-state index is 0.0412. The van der Waals surface area contributed by atoms with Crippen LogP contribution < -0.4 is 0 Å². The Morgan fingerprint density at radius 2 is 1.19 bits per heavy atom. The van der Waals surface area contributed by atoms with Gasteiger partial charge in [0.1, 0.15) is 0 Å². The van der Waals surface area contributed by atoms with Crippen LogP contribution in [0.3, 0.4) is 0 Å². The van der Waals surface area contributed by atoms with Crippen molar-refractivity contribution in [3.8, 4) is 16.8 Å². The second-order valence-corrected chi connectivity index (χ2v) is 15.2. The first-order chi connectivity index (χ1) is 25.6. The van der Waals surface area contributed by atoms with Crippen molar-refractivity contribution < 1.29 is 0 Å². The number of allylic oxidation sites excluding steroid dienone is 4. The van der Waals surface area contributed by atoms with Crippen LogP contribution in [0.4, 0.5) is 0 Å². The molecule has 0 radical (unpaired) electrons. The van der Waals surface area contributed by atoms with Crippen LogP contribution in [0.5, 0.6) is 0 Å². The van der Waals surface area contributed by atoms with Crippen molar-refractivity contribution in [2.45, 2.75) is 31.6 Å². The van der Waals surface area contributed by atoms with Crippen molar-refractivity contribution in [1.29, 1.82) is 0 Å². The predicted octanol–water partition coefficient (Wildman–Crippen LogP) is 13.7. The van der Waals surface area contributed by atoms with Crippen LogP contribution >= 0.6 is 0 Å². The van der Waals surface area contributed by atoms with Crippen molar-refractivity contribution in [3.05, 3.63) is 192 Å². The SMILES string of the molecule is CC1(C)C2=CC(c3ccc(-n4c5ccccc5c5c6c7ccccc7c(-c7ccccc7)cc6c6ccccc6c54)cc3)=CCC2c2ccccc21. The zero-order valence-electron chi connectivity index (χ0n) is 29.4. The Labute approximate surface area is 303 Å². The minimum absolute atomic E-state index is 0.0412. The monoisotopic (exact) mass is 663 g/mol. The van der Waals surface area contributed by atoms with Gasteiger partial charge in [-0.25, -0.2) is 0 Å². The highest BCUT2D eigenvalue weighted by molar-refractivity contribution is 6.38. The van der Waals surface area contributed by atoms with Crippen LogP contribution in [0.2, 0.25) is 0 Å². The zero-order chi connectivity index (χ0) is 34.6. The second-order valence-electron chi connectivity index (χ2n) is 15.2. The number of rotatable bonds is 3. The van der Waals surface area contributed by atoms with E-state index in [2.05, 4.69) is 188 Å². The lowest BCUT2D eigenvalue weighted by molar-refractivity contribution is 0.613. The van der Waals surface area contributed by atoms with Gasteiger partial charge in [-0.05, 0) is 85.6 Å². The van der Waals surface area contributed by atoms with Crippen molar-refractivity contribution in [3.63, 3.8) is 0 Å². The molecule has 0 aliphatic heterocycles. The van der Waals surface area contributed by atoms with Crippen LogP contribution in [0.1, 0.15) is 42.9 Å². The Morgan fingerprint density at radius 3 is 2.00 bits per heavy atom. The summed E-state index contributed by atoms with van der Waals surface area (Å²) in [6.45, 7) is 4.79. The number of fused-ring (bicyclic) bond motifs is 13.